The number of amides is 1. The normalized spacial score (nSPS) is 13.3. The lowest BCUT2D eigenvalue weighted by molar-refractivity contribution is 0.165. The van der Waals surface area contributed by atoms with Crippen LogP contribution in [-0.4, -0.2) is 56.4 Å². The molecule has 3 N–H and O–H groups in total. The number of methoxy groups -OCH3 is 2. The number of hydrogen-bond donors (Lipinski definition) is 3. The maximum atomic E-state index is 10.9. The largest absolute Gasteiger partial charge is 0.493 e. The monoisotopic (exact) mass is 383 g/mol. The van der Waals surface area contributed by atoms with E-state index in [0.29, 0.717) is 37.1 Å². The van der Waals surface area contributed by atoms with Crippen molar-refractivity contribution in [3.8, 4) is 11.5 Å². The third kappa shape index (κ3) is 8.49. The Balaban J connectivity index is 2.83. The zero-order valence-electron chi connectivity index (χ0n) is 16.7. The molecule has 1 amide bonds. The standard InChI is InChI=1S/C20H33NO6/c1-14(2)16(12-17(13-22)21-20(23)24)10-15-6-7-18(26-4)19(11-15)27-9-5-8-25-3/h6-7,11,14,16-17,21-22H,5,8-10,12-13H2,1-4H3,(H,23,24)/t16-,17+/m1/s1. The van der Waals surface area contributed by atoms with Crippen molar-refractivity contribution in [3.05, 3.63) is 23.8 Å². The lowest BCUT2D eigenvalue weighted by Crippen LogP contribution is -2.39. The molecular weight excluding hydrogens is 350 g/mol. The van der Waals surface area contributed by atoms with Crippen molar-refractivity contribution in [2.45, 2.75) is 39.2 Å². The third-order valence-electron chi connectivity index (χ3n) is 4.55. The highest BCUT2D eigenvalue weighted by Crippen LogP contribution is 2.31. The number of aliphatic hydroxyl groups excluding tert-OH is 1. The average molecular weight is 383 g/mol. The number of nitrogens with one attached hydrogen (secondary N) is 1. The van der Waals surface area contributed by atoms with Gasteiger partial charge < -0.3 is 29.7 Å². The van der Waals surface area contributed by atoms with Crippen LogP contribution >= 0.6 is 0 Å². The molecule has 0 aromatic heterocycles. The van der Waals surface area contributed by atoms with Gasteiger partial charge in [0.25, 0.3) is 0 Å². The number of rotatable bonds is 13. The highest BCUT2D eigenvalue weighted by atomic mass is 16.5. The Hall–Kier alpha value is -1.99. The van der Waals surface area contributed by atoms with Gasteiger partial charge in [-0.1, -0.05) is 19.9 Å². The predicted octanol–water partition coefficient (Wildman–Crippen LogP) is 2.94. The SMILES string of the molecule is COCCCOc1cc(C[C@H](C[C@@H](CO)NC(=O)O)C(C)C)ccc1OC. The van der Waals surface area contributed by atoms with Gasteiger partial charge in [-0.3, -0.25) is 0 Å². The van der Waals surface area contributed by atoms with Crippen LogP contribution in [0.4, 0.5) is 4.79 Å². The van der Waals surface area contributed by atoms with Crippen LogP contribution in [0, 0.1) is 11.8 Å². The van der Waals surface area contributed by atoms with Crippen LogP contribution < -0.4 is 14.8 Å². The first-order chi connectivity index (χ1) is 12.9. The smallest absolute Gasteiger partial charge is 0.404 e. The first-order valence-electron chi connectivity index (χ1n) is 9.30. The van der Waals surface area contributed by atoms with Crippen molar-refractivity contribution in [3.63, 3.8) is 0 Å². The molecule has 0 saturated carbocycles. The molecule has 1 aromatic rings. The molecule has 0 aliphatic carbocycles. The van der Waals surface area contributed by atoms with E-state index >= 15 is 0 Å². The number of ether oxygens (including phenoxy) is 3. The van der Waals surface area contributed by atoms with Gasteiger partial charge >= 0.3 is 6.09 Å². The van der Waals surface area contributed by atoms with Crippen LogP contribution in [0.3, 0.4) is 0 Å². The lowest BCUT2D eigenvalue weighted by atomic mass is 9.84. The Kier molecular flexibility index (Phi) is 10.6. The zero-order valence-corrected chi connectivity index (χ0v) is 16.7. The lowest BCUT2D eigenvalue weighted by Gasteiger charge is -2.26. The van der Waals surface area contributed by atoms with Gasteiger partial charge in [0.1, 0.15) is 0 Å². The van der Waals surface area contributed by atoms with Crippen molar-refractivity contribution in [1.29, 1.82) is 0 Å². The number of benzene rings is 1. The fourth-order valence-electron chi connectivity index (χ4n) is 2.96. The van der Waals surface area contributed by atoms with Gasteiger partial charge in [0, 0.05) is 20.1 Å². The van der Waals surface area contributed by atoms with Gasteiger partial charge in [-0.05, 0) is 42.4 Å². The van der Waals surface area contributed by atoms with Crippen LogP contribution in [0.15, 0.2) is 18.2 Å². The zero-order chi connectivity index (χ0) is 20.2. The van der Waals surface area contributed by atoms with Crippen molar-refractivity contribution in [2.75, 3.05) is 34.0 Å². The molecule has 0 fully saturated rings. The van der Waals surface area contributed by atoms with E-state index < -0.39 is 12.1 Å². The van der Waals surface area contributed by atoms with E-state index in [1.807, 2.05) is 18.2 Å². The fraction of sp³-hybridized carbons (Fsp3) is 0.650. The van der Waals surface area contributed by atoms with Crippen molar-refractivity contribution < 1.29 is 29.2 Å². The molecule has 1 rings (SSSR count). The molecule has 2 atom stereocenters. The summed E-state index contributed by atoms with van der Waals surface area (Å²) in [6, 6.07) is 5.38. The van der Waals surface area contributed by atoms with Gasteiger partial charge in [-0.15, -0.1) is 0 Å². The van der Waals surface area contributed by atoms with Gasteiger partial charge in [0.15, 0.2) is 11.5 Å². The Morgan fingerprint density at radius 3 is 2.48 bits per heavy atom. The van der Waals surface area contributed by atoms with Gasteiger partial charge in [0.05, 0.1) is 26.4 Å². The quantitative estimate of drug-likeness (QED) is 0.453. The van der Waals surface area contributed by atoms with Gasteiger partial charge in [-0.2, -0.15) is 0 Å². The van der Waals surface area contributed by atoms with Gasteiger partial charge in [-0.25, -0.2) is 4.79 Å². The van der Waals surface area contributed by atoms with Crippen LogP contribution in [-0.2, 0) is 11.2 Å². The van der Waals surface area contributed by atoms with E-state index in [9.17, 15) is 9.90 Å². The number of carbonyl (C=O) groups is 1. The number of aliphatic hydroxyl groups is 1. The molecule has 0 unspecified atom stereocenters. The molecule has 1 aromatic carbocycles. The molecule has 0 radical (unpaired) electrons. The van der Waals surface area contributed by atoms with Crippen LogP contribution in [0.2, 0.25) is 0 Å². The Bertz CT molecular complexity index is 563. The van der Waals surface area contributed by atoms with Crippen molar-refractivity contribution in [2.24, 2.45) is 11.8 Å². The van der Waals surface area contributed by atoms with Crippen molar-refractivity contribution >= 4 is 6.09 Å². The molecule has 0 bridgehead atoms. The molecule has 0 spiro atoms. The summed E-state index contributed by atoms with van der Waals surface area (Å²) in [5.74, 6) is 1.92. The average Bonchev–Trinajstić information content (AvgIpc) is 2.63. The Labute approximate surface area is 161 Å². The first kappa shape index (κ1) is 23.0. The molecule has 0 heterocycles. The minimum atomic E-state index is -1.12. The Morgan fingerprint density at radius 1 is 1.19 bits per heavy atom. The number of hydrogen-bond acceptors (Lipinski definition) is 5. The maximum absolute atomic E-state index is 10.9. The van der Waals surface area contributed by atoms with Crippen LogP contribution in [0.5, 0.6) is 11.5 Å². The van der Waals surface area contributed by atoms with E-state index in [2.05, 4.69) is 19.2 Å². The molecule has 7 nitrogen and oxygen atoms in total. The summed E-state index contributed by atoms with van der Waals surface area (Å²) in [6.07, 6.45) is 0.995. The highest BCUT2D eigenvalue weighted by Gasteiger charge is 2.21. The minimum Gasteiger partial charge on any atom is -0.493 e. The summed E-state index contributed by atoms with van der Waals surface area (Å²) in [7, 11) is 3.27. The van der Waals surface area contributed by atoms with Gasteiger partial charge in [0.2, 0.25) is 0 Å². The third-order valence-corrected chi connectivity index (χ3v) is 4.55. The van der Waals surface area contributed by atoms with Crippen LogP contribution in [0.1, 0.15) is 32.3 Å². The second-order valence-corrected chi connectivity index (χ2v) is 6.95. The second kappa shape index (κ2) is 12.4. The number of carboxylic acid groups (broad SMARTS) is 1. The summed E-state index contributed by atoms with van der Waals surface area (Å²) in [5, 5.41) is 20.7. The fourth-order valence-corrected chi connectivity index (χ4v) is 2.96. The molecule has 154 valence electrons. The van der Waals surface area contributed by atoms with E-state index in [1.165, 1.54) is 0 Å². The second-order valence-electron chi connectivity index (χ2n) is 6.95. The maximum Gasteiger partial charge on any atom is 0.404 e. The molecule has 0 aliphatic rings. The molecular formula is C20H33NO6. The van der Waals surface area contributed by atoms with E-state index in [0.717, 1.165) is 18.4 Å². The van der Waals surface area contributed by atoms with E-state index in [4.69, 9.17) is 19.3 Å². The highest BCUT2D eigenvalue weighted by molar-refractivity contribution is 5.64. The summed E-state index contributed by atoms with van der Waals surface area (Å²) in [5.41, 5.74) is 1.09. The topological polar surface area (TPSA) is 97.2 Å². The molecule has 7 heteroatoms. The first-order valence-corrected chi connectivity index (χ1v) is 9.30. The minimum absolute atomic E-state index is 0.212. The van der Waals surface area contributed by atoms with Crippen LogP contribution in [0.25, 0.3) is 0 Å². The summed E-state index contributed by atoms with van der Waals surface area (Å²) in [4.78, 5) is 10.9. The summed E-state index contributed by atoms with van der Waals surface area (Å²) < 4.78 is 16.2. The summed E-state index contributed by atoms with van der Waals surface area (Å²) in [6.45, 7) is 5.16. The molecule has 0 saturated heterocycles. The van der Waals surface area contributed by atoms with E-state index in [1.54, 1.807) is 14.2 Å². The summed E-state index contributed by atoms with van der Waals surface area (Å²) >= 11 is 0. The molecule has 0 aliphatic heterocycles. The van der Waals surface area contributed by atoms with E-state index in [-0.39, 0.29) is 12.5 Å². The Morgan fingerprint density at radius 2 is 1.93 bits per heavy atom. The predicted molar refractivity (Wildman–Crippen MR) is 104 cm³/mol. The molecule has 27 heavy (non-hydrogen) atoms. The van der Waals surface area contributed by atoms with Crippen molar-refractivity contribution in [1.82, 2.24) is 5.32 Å².